The van der Waals surface area contributed by atoms with Gasteiger partial charge in [0, 0.05) is 18.7 Å². The smallest absolute Gasteiger partial charge is 0.254 e. The van der Waals surface area contributed by atoms with Crippen LogP contribution in [0.4, 0.5) is 0 Å². The standard InChI is InChI=1S/C25H35Cl2N5O2/c1-32-23(34)25(31-24(32)28,11-10-16-6-3-2-4-7-16)15-17-8-5-9-19(12-17)29-22(33)18-13-20(26)30-21(27)14-18/h13-14,16-17,19H,2-12,15H2,1H3,(H2,28,31)(H,29,33)/t17-,19-,25?/m1/s1. The average molecular weight is 508 g/mol. The van der Waals surface area contributed by atoms with Crippen LogP contribution in [-0.2, 0) is 4.79 Å². The largest absolute Gasteiger partial charge is 0.349 e. The second-order valence-electron chi connectivity index (χ2n) is 10.4. The first-order chi connectivity index (χ1) is 16.3. The van der Waals surface area contributed by atoms with Crippen molar-refractivity contribution in [3.8, 4) is 0 Å². The van der Waals surface area contributed by atoms with Crippen molar-refractivity contribution in [3.05, 3.63) is 28.0 Å². The van der Waals surface area contributed by atoms with Gasteiger partial charge in [0.1, 0.15) is 15.8 Å². The van der Waals surface area contributed by atoms with Crippen molar-refractivity contribution in [2.75, 3.05) is 7.05 Å². The van der Waals surface area contributed by atoms with Gasteiger partial charge in [-0.25, -0.2) is 4.98 Å². The van der Waals surface area contributed by atoms with E-state index in [-0.39, 0.29) is 34.1 Å². The van der Waals surface area contributed by atoms with Gasteiger partial charge in [0.05, 0.1) is 0 Å². The lowest BCUT2D eigenvalue weighted by atomic mass is 9.74. The summed E-state index contributed by atoms with van der Waals surface area (Å²) in [6.07, 6.45) is 12.6. The van der Waals surface area contributed by atoms with Crippen molar-refractivity contribution in [3.63, 3.8) is 0 Å². The summed E-state index contributed by atoms with van der Waals surface area (Å²) >= 11 is 11.9. The van der Waals surface area contributed by atoms with Crippen LogP contribution < -0.4 is 10.6 Å². The van der Waals surface area contributed by atoms with Crippen LogP contribution in [0.5, 0.6) is 0 Å². The molecule has 0 spiro atoms. The fourth-order valence-corrected chi connectivity index (χ4v) is 6.55. The molecule has 0 aromatic carbocycles. The van der Waals surface area contributed by atoms with Gasteiger partial charge in [-0.05, 0) is 56.1 Å². The molecule has 0 bridgehead atoms. The summed E-state index contributed by atoms with van der Waals surface area (Å²) in [5.41, 5.74) is -0.301. The Bertz CT molecular complexity index is 916. The van der Waals surface area contributed by atoms with Crippen LogP contribution in [0, 0.1) is 17.2 Å². The Morgan fingerprint density at radius 1 is 1.15 bits per heavy atom. The quantitative estimate of drug-likeness (QED) is 0.443. The van der Waals surface area contributed by atoms with Gasteiger partial charge < -0.3 is 10.6 Å². The fourth-order valence-electron chi connectivity index (χ4n) is 6.09. The molecule has 34 heavy (non-hydrogen) atoms. The first kappa shape index (κ1) is 25.2. The molecule has 9 heteroatoms. The number of nitrogens with one attached hydrogen (secondary N) is 3. The van der Waals surface area contributed by atoms with E-state index in [0.29, 0.717) is 23.8 Å². The van der Waals surface area contributed by atoms with E-state index in [2.05, 4.69) is 15.6 Å². The molecule has 0 radical (unpaired) electrons. The van der Waals surface area contributed by atoms with E-state index in [0.717, 1.165) is 38.5 Å². The zero-order valence-corrected chi connectivity index (χ0v) is 21.4. The van der Waals surface area contributed by atoms with Gasteiger partial charge in [0.15, 0.2) is 5.96 Å². The van der Waals surface area contributed by atoms with Crippen LogP contribution in [0.3, 0.4) is 0 Å². The summed E-state index contributed by atoms with van der Waals surface area (Å²) in [7, 11) is 1.69. The average Bonchev–Trinajstić information content (AvgIpc) is 3.01. The minimum atomic E-state index is -0.702. The molecule has 2 aliphatic carbocycles. The van der Waals surface area contributed by atoms with E-state index in [4.69, 9.17) is 28.6 Å². The summed E-state index contributed by atoms with van der Waals surface area (Å²) in [5, 5.41) is 15.0. The maximum Gasteiger partial charge on any atom is 0.254 e. The Morgan fingerprint density at radius 3 is 2.47 bits per heavy atom. The Labute approximate surface area is 211 Å². The van der Waals surface area contributed by atoms with Gasteiger partial charge in [0.2, 0.25) is 0 Å². The predicted molar refractivity (Wildman–Crippen MR) is 134 cm³/mol. The van der Waals surface area contributed by atoms with Crippen LogP contribution in [-0.4, -0.2) is 46.3 Å². The number of carbonyl (C=O) groups is 2. The van der Waals surface area contributed by atoms with E-state index in [1.165, 1.54) is 49.1 Å². The molecule has 2 amide bonds. The summed E-state index contributed by atoms with van der Waals surface area (Å²) in [6, 6.07) is 3.07. The zero-order valence-electron chi connectivity index (χ0n) is 19.8. The summed E-state index contributed by atoms with van der Waals surface area (Å²) < 4.78 is 0. The first-order valence-electron chi connectivity index (χ1n) is 12.5. The van der Waals surface area contributed by atoms with E-state index in [1.807, 2.05) is 0 Å². The normalized spacial score (nSPS) is 28.1. The number of nitrogens with zero attached hydrogens (tertiary/aromatic N) is 2. The van der Waals surface area contributed by atoms with E-state index < -0.39 is 5.54 Å². The molecule has 3 atom stereocenters. The van der Waals surface area contributed by atoms with Crippen molar-refractivity contribution in [2.45, 2.75) is 88.6 Å². The first-order valence-corrected chi connectivity index (χ1v) is 13.3. The highest BCUT2D eigenvalue weighted by Crippen LogP contribution is 2.38. The maximum absolute atomic E-state index is 13.3. The molecule has 1 aromatic rings. The number of amides is 2. The molecule has 2 heterocycles. The molecule has 1 saturated heterocycles. The Kier molecular flexibility index (Phi) is 8.03. The highest BCUT2D eigenvalue weighted by molar-refractivity contribution is 6.33. The molecule has 1 unspecified atom stereocenters. The lowest BCUT2D eigenvalue weighted by molar-refractivity contribution is -0.131. The molecule has 1 aliphatic heterocycles. The van der Waals surface area contributed by atoms with E-state index in [1.54, 1.807) is 7.05 Å². The number of pyridine rings is 1. The third kappa shape index (κ3) is 5.85. The molecule has 3 N–H and O–H groups in total. The number of carbonyl (C=O) groups excluding carboxylic acids is 2. The Morgan fingerprint density at radius 2 is 1.82 bits per heavy atom. The third-order valence-electron chi connectivity index (χ3n) is 7.89. The molecule has 7 nitrogen and oxygen atoms in total. The van der Waals surface area contributed by atoms with Gasteiger partial charge >= 0.3 is 0 Å². The summed E-state index contributed by atoms with van der Waals surface area (Å²) in [6.45, 7) is 0. The highest BCUT2D eigenvalue weighted by atomic mass is 35.5. The molecule has 4 rings (SSSR count). The minimum Gasteiger partial charge on any atom is -0.349 e. The number of guanidine groups is 1. The number of hydrogen-bond acceptors (Lipinski definition) is 4. The predicted octanol–water partition coefficient (Wildman–Crippen LogP) is 5.16. The molecule has 186 valence electrons. The van der Waals surface area contributed by atoms with Crippen LogP contribution in [0.15, 0.2) is 12.1 Å². The van der Waals surface area contributed by atoms with Crippen molar-refractivity contribution in [1.29, 1.82) is 5.41 Å². The number of halogens is 2. The van der Waals surface area contributed by atoms with Crippen LogP contribution in [0.1, 0.15) is 87.4 Å². The van der Waals surface area contributed by atoms with Crippen LogP contribution in [0.2, 0.25) is 10.3 Å². The number of likely N-dealkylation sites (N-methyl/N-ethyl adjacent to an activating group) is 1. The van der Waals surface area contributed by atoms with Gasteiger partial charge in [0.25, 0.3) is 11.8 Å². The van der Waals surface area contributed by atoms with Gasteiger partial charge in [-0.2, -0.15) is 0 Å². The second-order valence-corrected chi connectivity index (χ2v) is 11.1. The molecule has 3 fully saturated rings. The van der Waals surface area contributed by atoms with Crippen molar-refractivity contribution >= 4 is 41.0 Å². The van der Waals surface area contributed by atoms with Crippen molar-refractivity contribution in [2.24, 2.45) is 11.8 Å². The number of rotatable bonds is 7. The van der Waals surface area contributed by atoms with Crippen LogP contribution >= 0.6 is 23.2 Å². The molecule has 3 aliphatic rings. The fraction of sp³-hybridized carbons (Fsp3) is 0.680. The summed E-state index contributed by atoms with van der Waals surface area (Å²) in [5.74, 6) is 0.977. The monoisotopic (exact) mass is 507 g/mol. The summed E-state index contributed by atoms with van der Waals surface area (Å²) in [4.78, 5) is 31.5. The molecule has 1 aromatic heterocycles. The topological polar surface area (TPSA) is 98.2 Å². The second kappa shape index (κ2) is 10.8. The van der Waals surface area contributed by atoms with Gasteiger partial charge in [-0.3, -0.25) is 19.9 Å². The van der Waals surface area contributed by atoms with E-state index in [9.17, 15) is 9.59 Å². The van der Waals surface area contributed by atoms with Crippen LogP contribution in [0.25, 0.3) is 0 Å². The van der Waals surface area contributed by atoms with Crippen molar-refractivity contribution < 1.29 is 9.59 Å². The lowest BCUT2D eigenvalue weighted by Gasteiger charge is -2.36. The minimum absolute atomic E-state index is 0.0144. The maximum atomic E-state index is 13.3. The molecular weight excluding hydrogens is 473 g/mol. The number of hydrogen-bond donors (Lipinski definition) is 3. The third-order valence-corrected chi connectivity index (χ3v) is 8.28. The Balaban J connectivity index is 1.41. The van der Waals surface area contributed by atoms with Crippen molar-refractivity contribution in [1.82, 2.24) is 20.5 Å². The number of aromatic nitrogens is 1. The molecular formula is C25H35Cl2N5O2. The van der Waals surface area contributed by atoms with Gasteiger partial charge in [-0.15, -0.1) is 0 Å². The SMILES string of the molecule is CN1C(=N)NC(CCC2CCCCC2)(C[C@@H]2CCC[C@@H](NC(=O)c3cc(Cl)nc(Cl)c3)C2)C1=O. The highest BCUT2D eigenvalue weighted by Gasteiger charge is 2.49. The zero-order chi connectivity index (χ0) is 24.3. The lowest BCUT2D eigenvalue weighted by Crippen LogP contribution is -2.50. The van der Waals surface area contributed by atoms with Gasteiger partial charge in [-0.1, -0.05) is 68.1 Å². The Hall–Kier alpha value is -1.86. The van der Waals surface area contributed by atoms with E-state index >= 15 is 0 Å². The molecule has 2 saturated carbocycles.